The summed E-state index contributed by atoms with van der Waals surface area (Å²) in [6, 6.07) is 13.2. The van der Waals surface area contributed by atoms with Gasteiger partial charge < -0.3 is 15.2 Å². The molecule has 3 aromatic rings. The maximum atomic E-state index is 5.89. The first-order valence-corrected chi connectivity index (χ1v) is 8.55. The predicted molar refractivity (Wildman–Crippen MR) is 116 cm³/mol. The molecule has 1 aromatic carbocycles. The molecule has 2 aromatic heterocycles. The number of pyridine rings is 1. The third-order valence-corrected chi connectivity index (χ3v) is 3.85. The van der Waals surface area contributed by atoms with E-state index in [0.717, 1.165) is 24.2 Å². The maximum absolute atomic E-state index is 5.89. The third-order valence-electron chi connectivity index (χ3n) is 3.60. The Morgan fingerprint density at radius 2 is 1.96 bits per heavy atom. The molecule has 0 amide bonds. The summed E-state index contributed by atoms with van der Waals surface area (Å²) in [5, 5.41) is 11.0. The molecule has 3 rings (SSSR count). The number of nitrogens with zero attached hydrogens (tertiary/aromatic N) is 4. The monoisotopic (exact) mass is 498 g/mol. The van der Waals surface area contributed by atoms with Crippen LogP contribution in [0.2, 0.25) is 5.02 Å². The van der Waals surface area contributed by atoms with Crippen molar-refractivity contribution in [3.63, 3.8) is 0 Å². The van der Waals surface area contributed by atoms with Gasteiger partial charge >= 0.3 is 0 Å². The minimum atomic E-state index is 0. The van der Waals surface area contributed by atoms with Gasteiger partial charge in [-0.15, -0.1) is 24.0 Å². The molecule has 27 heavy (non-hydrogen) atoms. The zero-order valence-corrected chi connectivity index (χ0v) is 17.8. The fourth-order valence-electron chi connectivity index (χ4n) is 2.28. The van der Waals surface area contributed by atoms with Crippen LogP contribution < -0.4 is 10.6 Å². The summed E-state index contributed by atoms with van der Waals surface area (Å²) in [4.78, 5) is 12.8. The molecule has 2 N–H and O–H groups in total. The number of benzene rings is 1. The number of aromatic nitrogens is 3. The van der Waals surface area contributed by atoms with Gasteiger partial charge in [-0.1, -0.05) is 22.8 Å². The second-order valence-corrected chi connectivity index (χ2v) is 5.88. The highest BCUT2D eigenvalue weighted by atomic mass is 127. The lowest BCUT2D eigenvalue weighted by Crippen LogP contribution is -2.38. The molecular weight excluding hydrogens is 479 g/mol. The number of rotatable bonds is 6. The standard InChI is InChI=1S/C18H19ClN6O.HI/c1-20-18(22-11-9-15-4-2-3-10-21-15)23-12-16-24-17(25-26-16)13-5-7-14(19)8-6-13;/h2-8,10H,9,11-12H2,1H3,(H2,20,22,23);1H. The number of nitrogens with one attached hydrogen (secondary N) is 2. The molecule has 9 heteroatoms. The molecule has 0 atom stereocenters. The summed E-state index contributed by atoms with van der Waals surface area (Å²) in [7, 11) is 1.71. The van der Waals surface area contributed by atoms with Crippen molar-refractivity contribution in [3.8, 4) is 11.4 Å². The van der Waals surface area contributed by atoms with Crippen LogP contribution >= 0.6 is 35.6 Å². The van der Waals surface area contributed by atoms with E-state index in [-0.39, 0.29) is 24.0 Å². The second kappa shape index (κ2) is 10.8. The van der Waals surface area contributed by atoms with Gasteiger partial charge in [-0.3, -0.25) is 9.98 Å². The van der Waals surface area contributed by atoms with E-state index in [0.29, 0.717) is 29.2 Å². The molecule has 0 aliphatic carbocycles. The van der Waals surface area contributed by atoms with Crippen molar-refractivity contribution in [2.75, 3.05) is 13.6 Å². The van der Waals surface area contributed by atoms with Gasteiger partial charge in [0.25, 0.3) is 0 Å². The van der Waals surface area contributed by atoms with Gasteiger partial charge in [0.05, 0.1) is 6.54 Å². The molecule has 0 unspecified atom stereocenters. The Labute approximate surface area is 179 Å². The van der Waals surface area contributed by atoms with Crippen LogP contribution in [0.15, 0.2) is 58.2 Å². The van der Waals surface area contributed by atoms with Crippen LogP contribution in [0.25, 0.3) is 11.4 Å². The van der Waals surface area contributed by atoms with Crippen molar-refractivity contribution in [3.05, 3.63) is 65.3 Å². The number of halogens is 2. The summed E-state index contributed by atoms with van der Waals surface area (Å²) >= 11 is 5.89. The highest BCUT2D eigenvalue weighted by Gasteiger charge is 2.09. The first-order chi connectivity index (χ1) is 12.7. The molecule has 0 aliphatic rings. The Hall–Kier alpha value is -2.20. The largest absolute Gasteiger partial charge is 0.356 e. The summed E-state index contributed by atoms with van der Waals surface area (Å²) in [5.74, 6) is 1.66. The molecule has 0 bridgehead atoms. The highest BCUT2D eigenvalue weighted by Crippen LogP contribution is 2.18. The highest BCUT2D eigenvalue weighted by molar-refractivity contribution is 14.0. The molecule has 142 valence electrons. The smallest absolute Gasteiger partial charge is 0.246 e. The number of hydrogen-bond donors (Lipinski definition) is 2. The van der Waals surface area contributed by atoms with E-state index in [2.05, 4.69) is 30.8 Å². The van der Waals surface area contributed by atoms with Gasteiger partial charge in [0.15, 0.2) is 5.96 Å². The summed E-state index contributed by atoms with van der Waals surface area (Å²) in [6.07, 6.45) is 2.60. The lowest BCUT2D eigenvalue weighted by molar-refractivity contribution is 0.375. The lowest BCUT2D eigenvalue weighted by atomic mass is 10.2. The number of aliphatic imine (C=N–C) groups is 1. The maximum Gasteiger partial charge on any atom is 0.246 e. The Balaban J connectivity index is 0.00000261. The topological polar surface area (TPSA) is 88.2 Å². The van der Waals surface area contributed by atoms with Gasteiger partial charge in [-0.2, -0.15) is 4.98 Å². The lowest BCUT2D eigenvalue weighted by Gasteiger charge is -2.09. The second-order valence-electron chi connectivity index (χ2n) is 5.44. The Kier molecular flexibility index (Phi) is 8.46. The van der Waals surface area contributed by atoms with Crippen LogP contribution in [0, 0.1) is 0 Å². The van der Waals surface area contributed by atoms with Crippen LogP contribution in [0.5, 0.6) is 0 Å². The molecule has 2 heterocycles. The number of hydrogen-bond acceptors (Lipinski definition) is 5. The third kappa shape index (κ3) is 6.47. The molecular formula is C18H20ClIN6O. The first-order valence-electron chi connectivity index (χ1n) is 8.17. The van der Waals surface area contributed by atoms with E-state index in [1.165, 1.54) is 0 Å². The van der Waals surface area contributed by atoms with Gasteiger partial charge in [-0.25, -0.2) is 0 Å². The molecule has 7 nitrogen and oxygen atoms in total. The Morgan fingerprint density at radius 3 is 2.67 bits per heavy atom. The molecule has 0 saturated carbocycles. The molecule has 0 fully saturated rings. The SMILES string of the molecule is CN=C(NCCc1ccccn1)NCc1nc(-c2ccc(Cl)cc2)no1.I. The zero-order valence-electron chi connectivity index (χ0n) is 14.7. The van der Waals surface area contributed by atoms with Crippen molar-refractivity contribution in [1.82, 2.24) is 25.8 Å². The van der Waals surface area contributed by atoms with Crippen LogP contribution in [-0.4, -0.2) is 34.7 Å². The predicted octanol–water partition coefficient (Wildman–Crippen LogP) is 3.31. The molecule has 0 saturated heterocycles. The average Bonchev–Trinajstić information content (AvgIpc) is 3.15. The normalized spacial score (nSPS) is 11.0. The van der Waals surface area contributed by atoms with Crippen LogP contribution in [0.4, 0.5) is 0 Å². The Morgan fingerprint density at radius 1 is 1.15 bits per heavy atom. The fraction of sp³-hybridized carbons (Fsp3) is 0.222. The Bertz CT molecular complexity index is 854. The number of guanidine groups is 1. The van der Waals surface area contributed by atoms with E-state index in [9.17, 15) is 0 Å². The average molecular weight is 499 g/mol. The van der Waals surface area contributed by atoms with Gasteiger partial charge in [0.1, 0.15) is 0 Å². The minimum absolute atomic E-state index is 0. The first kappa shape index (κ1) is 21.1. The van der Waals surface area contributed by atoms with Crippen molar-refractivity contribution in [2.24, 2.45) is 4.99 Å². The molecule has 0 spiro atoms. The van der Waals surface area contributed by atoms with Crippen LogP contribution in [-0.2, 0) is 13.0 Å². The van der Waals surface area contributed by atoms with Crippen LogP contribution in [0.1, 0.15) is 11.6 Å². The van der Waals surface area contributed by atoms with E-state index in [1.807, 2.05) is 30.3 Å². The summed E-state index contributed by atoms with van der Waals surface area (Å²) in [5.41, 5.74) is 1.88. The van der Waals surface area contributed by atoms with Gasteiger partial charge in [-0.05, 0) is 36.4 Å². The van der Waals surface area contributed by atoms with E-state index in [4.69, 9.17) is 16.1 Å². The van der Waals surface area contributed by atoms with Gasteiger partial charge in [0, 0.05) is 42.5 Å². The van der Waals surface area contributed by atoms with Gasteiger partial charge in [0.2, 0.25) is 11.7 Å². The molecule has 0 radical (unpaired) electrons. The summed E-state index contributed by atoms with van der Waals surface area (Å²) in [6.45, 7) is 1.10. The van der Waals surface area contributed by atoms with Crippen molar-refractivity contribution in [1.29, 1.82) is 0 Å². The van der Waals surface area contributed by atoms with E-state index >= 15 is 0 Å². The van der Waals surface area contributed by atoms with Crippen LogP contribution in [0.3, 0.4) is 0 Å². The van der Waals surface area contributed by atoms with E-state index < -0.39 is 0 Å². The fourth-order valence-corrected chi connectivity index (χ4v) is 2.40. The molecule has 0 aliphatic heterocycles. The minimum Gasteiger partial charge on any atom is -0.356 e. The van der Waals surface area contributed by atoms with Crippen molar-refractivity contribution in [2.45, 2.75) is 13.0 Å². The summed E-state index contributed by atoms with van der Waals surface area (Å²) < 4.78 is 5.27. The quantitative estimate of drug-likeness (QED) is 0.308. The van der Waals surface area contributed by atoms with Crippen molar-refractivity contribution < 1.29 is 4.52 Å². The van der Waals surface area contributed by atoms with E-state index in [1.54, 1.807) is 25.4 Å². The van der Waals surface area contributed by atoms with Crippen molar-refractivity contribution >= 4 is 41.5 Å². The zero-order chi connectivity index (χ0) is 18.2.